The lowest BCUT2D eigenvalue weighted by molar-refractivity contribution is 0.412. The minimum Gasteiger partial charge on any atom is -0.371 e. The van der Waals surface area contributed by atoms with Crippen molar-refractivity contribution in [3.05, 3.63) is 48.3 Å². The van der Waals surface area contributed by atoms with Crippen molar-refractivity contribution in [3.8, 4) is 0 Å². The number of aryl methyl sites for hydroxylation is 1. The minimum absolute atomic E-state index is 0.568. The second-order valence-electron chi connectivity index (χ2n) is 5.44. The molecule has 1 aliphatic rings. The maximum absolute atomic E-state index is 4.43. The molecule has 3 rings (SSSR count). The fourth-order valence-electron chi connectivity index (χ4n) is 2.75. The Morgan fingerprint density at radius 2 is 1.90 bits per heavy atom. The molecule has 0 unspecified atom stereocenters. The van der Waals surface area contributed by atoms with Crippen LogP contribution in [0.15, 0.2) is 36.8 Å². The van der Waals surface area contributed by atoms with E-state index in [-0.39, 0.29) is 0 Å². The predicted molar refractivity (Wildman–Crippen MR) is 83.1 cm³/mol. The van der Waals surface area contributed by atoms with Gasteiger partial charge in [-0.2, -0.15) is 0 Å². The number of rotatable bonds is 4. The Kier molecular flexibility index (Phi) is 4.40. The summed E-state index contributed by atoms with van der Waals surface area (Å²) < 4.78 is 0. The molecule has 0 spiro atoms. The lowest BCUT2D eigenvalue weighted by Gasteiger charge is -2.34. The highest BCUT2D eigenvalue weighted by Gasteiger charge is 2.18. The molecule has 5 nitrogen and oxygen atoms in total. The zero-order valence-electron chi connectivity index (χ0n) is 12.4. The Bertz CT molecular complexity index is 564. The maximum atomic E-state index is 4.43. The van der Waals surface area contributed by atoms with Crippen LogP contribution in [0.5, 0.6) is 0 Å². The van der Waals surface area contributed by atoms with Crippen LogP contribution in [0, 0.1) is 6.92 Å². The predicted octanol–water partition coefficient (Wildman–Crippen LogP) is 1.94. The topological polar surface area (TPSA) is 53.9 Å². The summed E-state index contributed by atoms with van der Waals surface area (Å²) in [6.07, 6.45) is 7.86. The van der Waals surface area contributed by atoms with Crippen molar-refractivity contribution in [3.63, 3.8) is 0 Å². The van der Waals surface area contributed by atoms with Crippen LogP contribution < -0.4 is 10.2 Å². The van der Waals surface area contributed by atoms with Crippen molar-refractivity contribution < 1.29 is 0 Å². The molecule has 21 heavy (non-hydrogen) atoms. The second-order valence-corrected chi connectivity index (χ2v) is 5.44. The molecule has 0 amide bonds. The van der Waals surface area contributed by atoms with Crippen LogP contribution in [0.3, 0.4) is 0 Å². The first-order valence-corrected chi connectivity index (χ1v) is 7.48. The summed E-state index contributed by atoms with van der Waals surface area (Å²) in [4.78, 5) is 15.1. The van der Waals surface area contributed by atoms with E-state index >= 15 is 0 Å². The summed E-state index contributed by atoms with van der Waals surface area (Å²) in [5, 5.41) is 3.61. The molecule has 0 saturated carbocycles. The van der Waals surface area contributed by atoms with Crippen molar-refractivity contribution in [2.45, 2.75) is 32.4 Å². The van der Waals surface area contributed by atoms with Gasteiger partial charge in [-0.3, -0.25) is 4.98 Å². The maximum Gasteiger partial charge on any atom is 0.125 e. The number of nitrogens with one attached hydrogen (secondary N) is 1. The first-order chi connectivity index (χ1) is 10.3. The van der Waals surface area contributed by atoms with Gasteiger partial charge in [0.1, 0.15) is 5.82 Å². The average molecular weight is 283 g/mol. The quantitative estimate of drug-likeness (QED) is 0.929. The van der Waals surface area contributed by atoms with E-state index < -0.39 is 0 Å². The Morgan fingerprint density at radius 3 is 2.62 bits per heavy atom. The molecular formula is C16H21N5. The summed E-state index contributed by atoms with van der Waals surface area (Å²) in [6, 6.07) is 6.71. The number of anilines is 1. The Hall–Kier alpha value is -2.01. The van der Waals surface area contributed by atoms with E-state index in [1.165, 1.54) is 5.69 Å². The molecule has 1 aliphatic heterocycles. The van der Waals surface area contributed by atoms with Crippen LogP contribution in [-0.2, 0) is 6.54 Å². The van der Waals surface area contributed by atoms with Crippen LogP contribution in [-0.4, -0.2) is 34.1 Å². The fourth-order valence-corrected chi connectivity index (χ4v) is 2.75. The number of hydrogen-bond donors (Lipinski definition) is 1. The van der Waals surface area contributed by atoms with Crippen LogP contribution in [0.4, 0.5) is 5.69 Å². The summed E-state index contributed by atoms with van der Waals surface area (Å²) in [5.74, 6) is 0.835. The molecule has 1 N–H and O–H groups in total. The lowest BCUT2D eigenvalue weighted by Crippen LogP contribution is -2.42. The summed E-state index contributed by atoms with van der Waals surface area (Å²) in [5.41, 5.74) is 2.34. The SMILES string of the molecule is Cc1nccc(CNC2CCN(c3ccncc3)CC2)n1. The first-order valence-electron chi connectivity index (χ1n) is 7.48. The van der Waals surface area contributed by atoms with E-state index in [0.29, 0.717) is 6.04 Å². The molecule has 0 aliphatic carbocycles. The van der Waals surface area contributed by atoms with E-state index in [1.54, 1.807) is 0 Å². The highest BCUT2D eigenvalue weighted by atomic mass is 15.1. The minimum atomic E-state index is 0.568. The number of piperidine rings is 1. The van der Waals surface area contributed by atoms with Crippen molar-refractivity contribution in [1.82, 2.24) is 20.3 Å². The zero-order valence-corrected chi connectivity index (χ0v) is 12.4. The van der Waals surface area contributed by atoms with Gasteiger partial charge in [0, 0.05) is 50.0 Å². The van der Waals surface area contributed by atoms with E-state index in [2.05, 4.69) is 37.3 Å². The smallest absolute Gasteiger partial charge is 0.125 e. The third-order valence-corrected chi connectivity index (χ3v) is 3.93. The van der Waals surface area contributed by atoms with Crippen LogP contribution in [0.2, 0.25) is 0 Å². The highest BCUT2D eigenvalue weighted by molar-refractivity contribution is 5.44. The highest BCUT2D eigenvalue weighted by Crippen LogP contribution is 2.19. The number of hydrogen-bond acceptors (Lipinski definition) is 5. The molecule has 0 bridgehead atoms. The van der Waals surface area contributed by atoms with Crippen LogP contribution in [0.25, 0.3) is 0 Å². The molecule has 0 atom stereocenters. The van der Waals surface area contributed by atoms with Gasteiger partial charge in [0.2, 0.25) is 0 Å². The third-order valence-electron chi connectivity index (χ3n) is 3.93. The van der Waals surface area contributed by atoms with Crippen LogP contribution >= 0.6 is 0 Å². The van der Waals surface area contributed by atoms with Crippen molar-refractivity contribution in [2.75, 3.05) is 18.0 Å². The molecule has 5 heteroatoms. The molecule has 2 aromatic rings. The average Bonchev–Trinajstić information content (AvgIpc) is 2.54. The van der Waals surface area contributed by atoms with Gasteiger partial charge in [0.05, 0.1) is 5.69 Å². The fraction of sp³-hybridized carbons (Fsp3) is 0.438. The first kappa shape index (κ1) is 13.9. The van der Waals surface area contributed by atoms with E-state index in [9.17, 15) is 0 Å². The normalized spacial score (nSPS) is 16.1. The second kappa shape index (κ2) is 6.63. The van der Waals surface area contributed by atoms with E-state index in [0.717, 1.165) is 44.0 Å². The molecule has 0 radical (unpaired) electrons. The molecule has 3 heterocycles. The molecule has 2 aromatic heterocycles. The van der Waals surface area contributed by atoms with Gasteiger partial charge in [0.15, 0.2) is 0 Å². The Labute approximate surface area is 125 Å². The summed E-state index contributed by atoms with van der Waals surface area (Å²) in [6.45, 7) is 4.93. The molecular weight excluding hydrogens is 262 g/mol. The number of nitrogens with zero attached hydrogens (tertiary/aromatic N) is 4. The van der Waals surface area contributed by atoms with Crippen molar-refractivity contribution >= 4 is 5.69 Å². The number of aromatic nitrogens is 3. The van der Waals surface area contributed by atoms with Gasteiger partial charge in [-0.25, -0.2) is 9.97 Å². The van der Waals surface area contributed by atoms with Gasteiger partial charge in [0.25, 0.3) is 0 Å². The monoisotopic (exact) mass is 283 g/mol. The standard InChI is InChI=1S/C16H21N5/c1-13-18-9-2-15(20-13)12-19-14-5-10-21(11-6-14)16-3-7-17-8-4-16/h2-4,7-9,14,19H,5-6,10-12H2,1H3. The molecule has 110 valence electrons. The van der Waals surface area contributed by atoms with Gasteiger partial charge in [-0.15, -0.1) is 0 Å². The Morgan fingerprint density at radius 1 is 1.14 bits per heavy atom. The third kappa shape index (κ3) is 3.76. The largest absolute Gasteiger partial charge is 0.371 e. The summed E-state index contributed by atoms with van der Waals surface area (Å²) >= 11 is 0. The van der Waals surface area contributed by atoms with Gasteiger partial charge in [-0.1, -0.05) is 0 Å². The van der Waals surface area contributed by atoms with Gasteiger partial charge >= 0.3 is 0 Å². The number of pyridine rings is 1. The van der Waals surface area contributed by atoms with E-state index in [1.807, 2.05) is 31.6 Å². The van der Waals surface area contributed by atoms with Crippen molar-refractivity contribution in [2.24, 2.45) is 0 Å². The zero-order chi connectivity index (χ0) is 14.5. The lowest BCUT2D eigenvalue weighted by atomic mass is 10.0. The Balaban J connectivity index is 1.48. The van der Waals surface area contributed by atoms with Gasteiger partial charge in [-0.05, 0) is 38.0 Å². The summed E-state index contributed by atoms with van der Waals surface area (Å²) in [7, 11) is 0. The molecule has 1 saturated heterocycles. The molecule has 0 aromatic carbocycles. The van der Waals surface area contributed by atoms with Gasteiger partial charge < -0.3 is 10.2 Å². The van der Waals surface area contributed by atoms with E-state index in [4.69, 9.17) is 0 Å². The molecule has 1 fully saturated rings. The van der Waals surface area contributed by atoms with Crippen LogP contribution in [0.1, 0.15) is 24.4 Å². The van der Waals surface area contributed by atoms with Crippen molar-refractivity contribution in [1.29, 1.82) is 0 Å².